The number of nitrogens with one attached hydrogen (secondary N) is 2. The van der Waals surface area contributed by atoms with E-state index in [2.05, 4.69) is 20.6 Å². The standard InChI is InChI=1S/C52H47N9O4S/c1-54-49-28-39(21-23-56-49)46-32-60(30-34-11-16-43(64-3)17-12-34)58-51(46)41-9-5-7-36(25-41)37-15-20-45(48(27-37)66(53,62)63)38-8-6-10-42(26-38)52-47(40-22-24-57-50(29-40)55-2)33-61(59-52)31-35-13-18-44(65-4)19-14-35/h5-29,32-33H,30-31H2,1-4H3,(H,54,56)(H,55,57)(H2,53,62,63). The second-order valence-electron chi connectivity index (χ2n) is 15.7. The molecule has 4 aromatic heterocycles. The summed E-state index contributed by atoms with van der Waals surface area (Å²) >= 11 is 0. The molecule has 0 unspecified atom stereocenters. The Balaban J connectivity index is 1.09. The van der Waals surface area contributed by atoms with Crippen molar-refractivity contribution in [2.45, 2.75) is 18.0 Å². The number of anilines is 2. The minimum absolute atomic E-state index is 0.00134. The Morgan fingerprint density at radius 2 is 0.955 bits per heavy atom. The van der Waals surface area contributed by atoms with Gasteiger partial charge in [0.25, 0.3) is 0 Å². The molecule has 0 bridgehead atoms. The minimum Gasteiger partial charge on any atom is -0.497 e. The molecule has 5 aromatic carbocycles. The fraction of sp³-hybridized carbons (Fsp3) is 0.115. The number of primary sulfonamides is 1. The summed E-state index contributed by atoms with van der Waals surface area (Å²) < 4.78 is 41.6. The van der Waals surface area contributed by atoms with Crippen molar-refractivity contribution in [3.05, 3.63) is 175 Å². The van der Waals surface area contributed by atoms with Crippen LogP contribution in [0.1, 0.15) is 11.1 Å². The lowest BCUT2D eigenvalue weighted by atomic mass is 9.95. The topological polar surface area (TPSA) is 164 Å². The van der Waals surface area contributed by atoms with E-state index in [1.54, 1.807) is 32.7 Å². The predicted molar refractivity (Wildman–Crippen MR) is 261 cm³/mol. The number of nitrogens with two attached hydrogens (primary N) is 1. The number of hydrogen-bond donors (Lipinski definition) is 3. The van der Waals surface area contributed by atoms with Crippen molar-refractivity contribution >= 4 is 21.7 Å². The number of pyridine rings is 2. The van der Waals surface area contributed by atoms with Crippen LogP contribution in [-0.2, 0) is 23.1 Å². The van der Waals surface area contributed by atoms with Crippen molar-refractivity contribution in [2.24, 2.45) is 5.14 Å². The van der Waals surface area contributed by atoms with E-state index in [-0.39, 0.29) is 4.90 Å². The van der Waals surface area contributed by atoms with Crippen molar-refractivity contribution in [3.63, 3.8) is 0 Å². The first-order valence-corrected chi connectivity index (χ1v) is 22.7. The molecule has 0 amide bonds. The zero-order valence-electron chi connectivity index (χ0n) is 36.8. The molecule has 0 radical (unpaired) electrons. The van der Waals surface area contributed by atoms with E-state index in [0.29, 0.717) is 29.8 Å². The van der Waals surface area contributed by atoms with Crippen LogP contribution in [-0.4, -0.2) is 66.3 Å². The molecule has 13 nitrogen and oxygen atoms in total. The summed E-state index contributed by atoms with van der Waals surface area (Å²) in [5.74, 6) is 3.01. The third kappa shape index (κ3) is 9.27. The van der Waals surface area contributed by atoms with E-state index in [0.717, 1.165) is 84.6 Å². The molecule has 0 saturated heterocycles. The third-order valence-electron chi connectivity index (χ3n) is 11.4. The van der Waals surface area contributed by atoms with Crippen molar-refractivity contribution < 1.29 is 17.9 Å². The normalized spacial score (nSPS) is 11.3. The molecule has 0 atom stereocenters. The molecule has 0 aliphatic carbocycles. The van der Waals surface area contributed by atoms with Gasteiger partial charge in [0, 0.05) is 66.7 Å². The lowest BCUT2D eigenvalue weighted by Gasteiger charge is -2.13. The fourth-order valence-corrected chi connectivity index (χ4v) is 8.80. The number of ether oxygens (including phenoxy) is 2. The van der Waals surface area contributed by atoms with Crippen molar-refractivity contribution in [3.8, 4) is 78.5 Å². The largest absolute Gasteiger partial charge is 0.497 e. The maximum atomic E-state index is 13.5. The van der Waals surface area contributed by atoms with Gasteiger partial charge in [0.2, 0.25) is 10.0 Å². The van der Waals surface area contributed by atoms with E-state index < -0.39 is 10.0 Å². The molecule has 9 rings (SSSR count). The summed E-state index contributed by atoms with van der Waals surface area (Å²) in [7, 11) is 2.75. The van der Waals surface area contributed by atoms with Gasteiger partial charge in [0.1, 0.15) is 34.5 Å². The average molecular weight is 894 g/mol. The Morgan fingerprint density at radius 3 is 1.42 bits per heavy atom. The highest BCUT2D eigenvalue weighted by Gasteiger charge is 2.21. The van der Waals surface area contributed by atoms with Crippen molar-refractivity contribution in [1.82, 2.24) is 29.5 Å². The molecule has 66 heavy (non-hydrogen) atoms. The number of sulfonamides is 1. The number of rotatable bonds is 15. The van der Waals surface area contributed by atoms with Gasteiger partial charge in [0.05, 0.1) is 32.2 Å². The maximum absolute atomic E-state index is 13.5. The van der Waals surface area contributed by atoms with Gasteiger partial charge in [-0.25, -0.2) is 23.5 Å². The molecule has 9 aromatic rings. The predicted octanol–water partition coefficient (Wildman–Crippen LogP) is 9.72. The molecule has 0 fully saturated rings. The average Bonchev–Trinajstić information content (AvgIpc) is 3.99. The molecular weight excluding hydrogens is 847 g/mol. The van der Waals surface area contributed by atoms with E-state index in [1.807, 2.05) is 169 Å². The summed E-state index contributed by atoms with van der Waals surface area (Å²) in [5.41, 5.74) is 11.5. The van der Waals surface area contributed by atoms with Gasteiger partial charge in [-0.2, -0.15) is 10.2 Å². The van der Waals surface area contributed by atoms with Gasteiger partial charge in [-0.1, -0.05) is 72.8 Å². The Labute approximate surface area is 383 Å². The van der Waals surface area contributed by atoms with Gasteiger partial charge in [-0.3, -0.25) is 9.36 Å². The quantitative estimate of drug-likeness (QED) is 0.0903. The molecule has 4 heterocycles. The van der Waals surface area contributed by atoms with E-state index in [9.17, 15) is 8.42 Å². The Morgan fingerprint density at radius 1 is 0.515 bits per heavy atom. The summed E-state index contributed by atoms with van der Waals surface area (Å²) in [6.07, 6.45) is 7.58. The summed E-state index contributed by atoms with van der Waals surface area (Å²) in [6, 6.07) is 44.7. The lowest BCUT2D eigenvalue weighted by Crippen LogP contribution is -2.13. The first-order valence-electron chi connectivity index (χ1n) is 21.2. The smallest absolute Gasteiger partial charge is 0.238 e. The molecule has 4 N–H and O–H groups in total. The summed E-state index contributed by atoms with van der Waals surface area (Å²) in [4.78, 5) is 8.85. The van der Waals surface area contributed by atoms with E-state index >= 15 is 0 Å². The SMILES string of the molecule is CNc1cc(-c2cn(Cc3ccc(OC)cc3)nc2-c2cccc(-c3ccc(-c4cccc(-c5nn(Cc6ccc(OC)cc6)cc5-c5ccnc(NC)c5)c4)c(S(N)(=O)=O)c3)c2)ccn1. The van der Waals surface area contributed by atoms with Crippen LogP contribution in [0.15, 0.2) is 169 Å². The van der Waals surface area contributed by atoms with Gasteiger partial charge < -0.3 is 20.1 Å². The number of aromatic nitrogens is 6. The molecule has 330 valence electrons. The summed E-state index contributed by atoms with van der Waals surface area (Å²) in [6.45, 7) is 1.06. The maximum Gasteiger partial charge on any atom is 0.238 e. The van der Waals surface area contributed by atoms with E-state index in [4.69, 9.17) is 24.8 Å². The molecule has 0 spiro atoms. The van der Waals surface area contributed by atoms with E-state index in [1.165, 1.54) is 0 Å². The highest BCUT2D eigenvalue weighted by molar-refractivity contribution is 7.89. The van der Waals surface area contributed by atoms with Crippen LogP contribution in [0.25, 0.3) is 67.0 Å². The van der Waals surface area contributed by atoms with Crippen LogP contribution in [0.5, 0.6) is 11.5 Å². The highest BCUT2D eigenvalue weighted by atomic mass is 32.2. The van der Waals surface area contributed by atoms with Crippen LogP contribution >= 0.6 is 0 Å². The molecule has 0 aliphatic heterocycles. The Kier molecular flexibility index (Phi) is 12.2. The zero-order chi connectivity index (χ0) is 45.8. The van der Waals surface area contributed by atoms with Gasteiger partial charge in [0.15, 0.2) is 0 Å². The number of hydrogen-bond acceptors (Lipinski definition) is 10. The van der Waals surface area contributed by atoms with Crippen LogP contribution in [0.4, 0.5) is 11.6 Å². The first kappa shape index (κ1) is 43.2. The molecule has 0 aliphatic rings. The Bertz CT molecular complexity index is 3290. The van der Waals surface area contributed by atoms with Gasteiger partial charge >= 0.3 is 0 Å². The molecular formula is C52H47N9O4S. The van der Waals surface area contributed by atoms with Gasteiger partial charge in [-0.15, -0.1) is 0 Å². The van der Waals surface area contributed by atoms with Crippen molar-refractivity contribution in [2.75, 3.05) is 38.9 Å². The van der Waals surface area contributed by atoms with Gasteiger partial charge in [-0.05, 0) is 106 Å². The highest BCUT2D eigenvalue weighted by Crippen LogP contribution is 2.39. The second-order valence-corrected chi connectivity index (χ2v) is 17.2. The number of methoxy groups -OCH3 is 2. The van der Waals surface area contributed by atoms with Crippen molar-refractivity contribution in [1.29, 1.82) is 0 Å². The summed E-state index contributed by atoms with van der Waals surface area (Å²) in [5, 5.41) is 22.5. The van der Waals surface area contributed by atoms with Crippen LogP contribution < -0.4 is 25.2 Å². The monoisotopic (exact) mass is 893 g/mol. The molecule has 14 heteroatoms. The second kappa shape index (κ2) is 18.6. The van der Waals surface area contributed by atoms with Crippen LogP contribution in [0, 0.1) is 0 Å². The first-order chi connectivity index (χ1) is 32.1. The number of nitrogens with zero attached hydrogens (tertiary/aromatic N) is 6. The Hall–Kier alpha value is -8.07. The minimum atomic E-state index is -4.20. The fourth-order valence-electron chi connectivity index (χ4n) is 8.02. The molecule has 0 saturated carbocycles. The lowest BCUT2D eigenvalue weighted by molar-refractivity contribution is 0.414. The van der Waals surface area contributed by atoms with Crippen LogP contribution in [0.2, 0.25) is 0 Å². The zero-order valence-corrected chi connectivity index (χ0v) is 37.6. The van der Waals surface area contributed by atoms with Crippen LogP contribution in [0.3, 0.4) is 0 Å². The number of benzene rings is 5. The third-order valence-corrected chi connectivity index (χ3v) is 12.3.